The number of rotatable bonds is 13. The van der Waals surface area contributed by atoms with Gasteiger partial charge in [-0.2, -0.15) is 0 Å². The minimum absolute atomic E-state index is 0.0729. The number of ether oxygens (including phenoxy) is 3. The van der Waals surface area contributed by atoms with Crippen molar-refractivity contribution in [2.45, 2.75) is 134 Å². The molecule has 0 saturated carbocycles. The van der Waals surface area contributed by atoms with Gasteiger partial charge in [0.05, 0.1) is 19.1 Å². The summed E-state index contributed by atoms with van der Waals surface area (Å²) in [6.07, 6.45) is 6.70. The fraction of sp³-hybridized carbons (Fsp3) is 0.957. The summed E-state index contributed by atoms with van der Waals surface area (Å²) < 4.78 is 16.7. The molecule has 1 unspecified atom stereocenters. The lowest BCUT2D eigenvalue weighted by atomic mass is 9.95. The Labute approximate surface area is 186 Å². The molecule has 8 heteroatoms. The number of carbonyl (C=O) groups is 1. The minimum Gasteiger partial charge on any atom is -0.393 e. The predicted molar refractivity (Wildman–Crippen MR) is 116 cm³/mol. The summed E-state index contributed by atoms with van der Waals surface area (Å²) in [5, 5.41) is 33.6. The Morgan fingerprint density at radius 1 is 1.06 bits per heavy atom. The lowest BCUT2D eigenvalue weighted by molar-refractivity contribution is -0.364. The van der Waals surface area contributed by atoms with Gasteiger partial charge >= 0.3 is 0 Å². The van der Waals surface area contributed by atoms with Crippen LogP contribution in [0, 0.1) is 0 Å². The molecule has 0 spiro atoms. The van der Waals surface area contributed by atoms with Crippen LogP contribution in [0.25, 0.3) is 0 Å². The molecule has 8 nitrogen and oxygen atoms in total. The lowest BCUT2D eigenvalue weighted by Gasteiger charge is -2.48. The quantitative estimate of drug-likeness (QED) is 0.322. The summed E-state index contributed by atoms with van der Waals surface area (Å²) in [4.78, 5) is 12.3. The standard InChI is InChI=1S/C23H43NO7/c1-4-5-6-7-8-9-10-11-12-13-16(25)14-18(26)24-19-20(27)21-17(30-22(19)28)15-29-23(2,3)31-21/h16-17,19-22,25,27-28H,4-15H2,1-3H3,(H,24,26)/t16-,17-,19-,20-,21-,22?/m1/s1. The van der Waals surface area contributed by atoms with E-state index in [9.17, 15) is 20.1 Å². The van der Waals surface area contributed by atoms with Crippen LogP contribution in [-0.2, 0) is 19.0 Å². The number of amides is 1. The van der Waals surface area contributed by atoms with Crippen molar-refractivity contribution >= 4 is 5.91 Å². The van der Waals surface area contributed by atoms with Crippen molar-refractivity contribution in [3.8, 4) is 0 Å². The van der Waals surface area contributed by atoms with E-state index in [1.165, 1.54) is 38.5 Å². The van der Waals surface area contributed by atoms with Crippen molar-refractivity contribution in [3.05, 3.63) is 0 Å². The van der Waals surface area contributed by atoms with E-state index in [0.717, 1.165) is 19.3 Å². The van der Waals surface area contributed by atoms with Gasteiger partial charge in [0.15, 0.2) is 12.1 Å². The Hall–Kier alpha value is -0.770. The summed E-state index contributed by atoms with van der Waals surface area (Å²) >= 11 is 0. The summed E-state index contributed by atoms with van der Waals surface area (Å²) in [6.45, 7) is 5.87. The summed E-state index contributed by atoms with van der Waals surface area (Å²) in [6, 6.07) is -1.03. The number of unbranched alkanes of at least 4 members (excludes halogenated alkanes) is 8. The second-order valence-electron chi connectivity index (χ2n) is 9.42. The van der Waals surface area contributed by atoms with Crippen LogP contribution in [0.5, 0.6) is 0 Å². The Bertz CT molecular complexity index is 530. The van der Waals surface area contributed by atoms with Crippen LogP contribution >= 0.6 is 0 Å². The molecule has 2 aliphatic heterocycles. The average Bonchev–Trinajstić information content (AvgIpc) is 2.70. The molecule has 0 aromatic rings. The highest BCUT2D eigenvalue weighted by Crippen LogP contribution is 2.31. The molecule has 0 aromatic heterocycles. The monoisotopic (exact) mass is 445 g/mol. The molecule has 0 bridgehead atoms. The molecule has 1 amide bonds. The Kier molecular flexibility index (Phi) is 11.2. The minimum atomic E-state index is -1.37. The zero-order valence-corrected chi connectivity index (χ0v) is 19.4. The van der Waals surface area contributed by atoms with Gasteiger partial charge < -0.3 is 34.8 Å². The van der Waals surface area contributed by atoms with E-state index >= 15 is 0 Å². The van der Waals surface area contributed by atoms with Crippen molar-refractivity contribution in [2.24, 2.45) is 0 Å². The van der Waals surface area contributed by atoms with E-state index in [4.69, 9.17) is 14.2 Å². The Morgan fingerprint density at radius 3 is 2.32 bits per heavy atom. The van der Waals surface area contributed by atoms with Gasteiger partial charge in [0, 0.05) is 0 Å². The molecule has 2 fully saturated rings. The summed E-state index contributed by atoms with van der Waals surface area (Å²) in [5.41, 5.74) is 0. The molecule has 4 N–H and O–H groups in total. The average molecular weight is 446 g/mol. The number of fused-ring (bicyclic) bond motifs is 1. The molecule has 182 valence electrons. The second kappa shape index (κ2) is 13.1. The van der Waals surface area contributed by atoms with Gasteiger partial charge in [0.2, 0.25) is 5.91 Å². The van der Waals surface area contributed by atoms with Crippen molar-refractivity contribution in [3.63, 3.8) is 0 Å². The molecule has 2 rings (SSSR count). The zero-order chi connectivity index (χ0) is 22.9. The third-order valence-electron chi connectivity index (χ3n) is 6.10. The van der Waals surface area contributed by atoms with Gasteiger partial charge in [-0.3, -0.25) is 4.79 Å². The van der Waals surface area contributed by atoms with E-state index < -0.39 is 48.4 Å². The number of nitrogens with one attached hydrogen (secondary N) is 1. The zero-order valence-electron chi connectivity index (χ0n) is 19.4. The van der Waals surface area contributed by atoms with Crippen LogP contribution in [0.1, 0.15) is 91.4 Å². The first-order valence-corrected chi connectivity index (χ1v) is 12.0. The molecular formula is C23H43NO7. The third kappa shape index (κ3) is 8.94. The topological polar surface area (TPSA) is 117 Å². The number of aliphatic hydroxyl groups is 3. The van der Waals surface area contributed by atoms with Gasteiger partial charge in [-0.15, -0.1) is 0 Å². The second-order valence-corrected chi connectivity index (χ2v) is 9.42. The van der Waals surface area contributed by atoms with Gasteiger partial charge in [-0.05, 0) is 20.3 Å². The summed E-state index contributed by atoms with van der Waals surface area (Å²) in [7, 11) is 0. The largest absolute Gasteiger partial charge is 0.393 e. The highest BCUT2D eigenvalue weighted by atomic mass is 16.7. The number of hydrogen-bond donors (Lipinski definition) is 4. The van der Waals surface area contributed by atoms with Gasteiger partial charge in [-0.1, -0.05) is 64.7 Å². The molecule has 2 heterocycles. The van der Waals surface area contributed by atoms with Crippen molar-refractivity contribution < 1.29 is 34.3 Å². The van der Waals surface area contributed by atoms with Crippen LogP contribution in [0.15, 0.2) is 0 Å². The number of hydrogen-bond acceptors (Lipinski definition) is 7. The number of carbonyl (C=O) groups excluding carboxylic acids is 1. The van der Waals surface area contributed by atoms with Crippen molar-refractivity contribution in [2.75, 3.05) is 6.61 Å². The van der Waals surface area contributed by atoms with Crippen LogP contribution in [0.2, 0.25) is 0 Å². The maximum absolute atomic E-state index is 12.3. The molecule has 0 aromatic carbocycles. The van der Waals surface area contributed by atoms with Crippen LogP contribution < -0.4 is 5.32 Å². The van der Waals surface area contributed by atoms with E-state index in [1.54, 1.807) is 13.8 Å². The van der Waals surface area contributed by atoms with Gasteiger partial charge in [0.25, 0.3) is 0 Å². The molecular weight excluding hydrogens is 402 g/mol. The Morgan fingerprint density at radius 2 is 1.68 bits per heavy atom. The van der Waals surface area contributed by atoms with Crippen LogP contribution in [0.4, 0.5) is 0 Å². The summed E-state index contributed by atoms with van der Waals surface area (Å²) in [5.74, 6) is -1.31. The maximum atomic E-state index is 12.3. The first-order chi connectivity index (χ1) is 14.7. The maximum Gasteiger partial charge on any atom is 0.223 e. The molecule has 31 heavy (non-hydrogen) atoms. The highest BCUT2D eigenvalue weighted by Gasteiger charge is 2.50. The molecule has 2 aliphatic rings. The molecule has 0 radical (unpaired) electrons. The molecule has 6 atom stereocenters. The highest BCUT2D eigenvalue weighted by molar-refractivity contribution is 5.76. The van der Waals surface area contributed by atoms with Crippen LogP contribution in [-0.4, -0.2) is 70.4 Å². The van der Waals surface area contributed by atoms with Crippen molar-refractivity contribution in [1.82, 2.24) is 5.32 Å². The van der Waals surface area contributed by atoms with Crippen LogP contribution in [0.3, 0.4) is 0 Å². The predicted octanol–water partition coefficient (Wildman–Crippen LogP) is 2.37. The lowest BCUT2D eigenvalue weighted by Crippen LogP contribution is -2.68. The van der Waals surface area contributed by atoms with Crippen molar-refractivity contribution in [1.29, 1.82) is 0 Å². The van der Waals surface area contributed by atoms with Gasteiger partial charge in [-0.25, -0.2) is 0 Å². The fourth-order valence-corrected chi connectivity index (χ4v) is 4.27. The van der Waals surface area contributed by atoms with E-state index in [1.807, 2.05) is 0 Å². The smallest absolute Gasteiger partial charge is 0.223 e. The van der Waals surface area contributed by atoms with Gasteiger partial charge in [0.1, 0.15) is 24.4 Å². The molecule has 2 saturated heterocycles. The first-order valence-electron chi connectivity index (χ1n) is 12.0. The SMILES string of the molecule is CCCCCCCCCCC[C@@H](O)CC(=O)N[C@H]1C(O)O[C@@H]2COC(C)(C)O[C@H]2[C@@H]1O. The fourth-order valence-electron chi connectivity index (χ4n) is 4.27. The van der Waals surface area contributed by atoms with E-state index in [-0.39, 0.29) is 13.0 Å². The Balaban J connectivity index is 1.64. The normalized spacial score (nSPS) is 31.1. The van der Waals surface area contributed by atoms with E-state index in [2.05, 4.69) is 12.2 Å². The third-order valence-corrected chi connectivity index (χ3v) is 6.10. The molecule has 0 aliphatic carbocycles. The van der Waals surface area contributed by atoms with E-state index in [0.29, 0.717) is 6.42 Å². The first kappa shape index (κ1) is 26.5. The number of aliphatic hydroxyl groups excluding tert-OH is 3.